The second kappa shape index (κ2) is 4.27. The molecule has 5 heteroatoms. The first-order chi connectivity index (χ1) is 6.69. The molecule has 0 bridgehead atoms. The molecule has 90 valence electrons. The molecule has 0 aliphatic carbocycles. The molecule has 0 aromatic carbocycles. The maximum Gasteiger partial charge on any atom is 0.327 e. The standard InChI is InChI=1S/C10H22NO3P/c1-9(2)8(14-15(12)13)6-7-11(5)10(9,3)4/h8,12-13H,6-7H2,1-5H3. The van der Waals surface area contributed by atoms with E-state index in [1.807, 2.05) is 0 Å². The van der Waals surface area contributed by atoms with E-state index in [0.29, 0.717) is 0 Å². The Bertz CT molecular complexity index is 231. The summed E-state index contributed by atoms with van der Waals surface area (Å²) in [4.78, 5) is 20.2. The van der Waals surface area contributed by atoms with Crippen molar-refractivity contribution in [3.05, 3.63) is 0 Å². The summed E-state index contributed by atoms with van der Waals surface area (Å²) in [7, 11) is -0.160. The van der Waals surface area contributed by atoms with Crippen LogP contribution in [0.1, 0.15) is 34.1 Å². The lowest BCUT2D eigenvalue weighted by Crippen LogP contribution is -2.61. The smallest absolute Gasteiger partial charge is 0.327 e. The van der Waals surface area contributed by atoms with Gasteiger partial charge in [0.25, 0.3) is 0 Å². The maximum absolute atomic E-state index is 8.96. The predicted octanol–water partition coefficient (Wildman–Crippen LogP) is 1.72. The molecule has 1 saturated heterocycles. The van der Waals surface area contributed by atoms with E-state index in [1.165, 1.54) is 0 Å². The molecule has 1 aliphatic rings. The van der Waals surface area contributed by atoms with Crippen LogP contribution in [-0.4, -0.2) is 39.9 Å². The van der Waals surface area contributed by atoms with Crippen LogP contribution in [0.15, 0.2) is 0 Å². The molecule has 1 atom stereocenters. The van der Waals surface area contributed by atoms with Crippen LogP contribution >= 0.6 is 8.60 Å². The van der Waals surface area contributed by atoms with Crippen molar-refractivity contribution < 1.29 is 14.3 Å². The zero-order valence-electron chi connectivity index (χ0n) is 10.2. The molecule has 1 fully saturated rings. The van der Waals surface area contributed by atoms with E-state index in [1.54, 1.807) is 0 Å². The van der Waals surface area contributed by atoms with Crippen molar-refractivity contribution in [2.45, 2.75) is 45.8 Å². The minimum atomic E-state index is -2.26. The molecule has 4 nitrogen and oxygen atoms in total. The van der Waals surface area contributed by atoms with Crippen LogP contribution in [0.5, 0.6) is 0 Å². The Hall–Kier alpha value is 0.270. The Balaban J connectivity index is 2.85. The summed E-state index contributed by atoms with van der Waals surface area (Å²) in [5.41, 5.74) is -0.118. The predicted molar refractivity (Wildman–Crippen MR) is 61.3 cm³/mol. The van der Waals surface area contributed by atoms with E-state index < -0.39 is 8.60 Å². The Morgan fingerprint density at radius 1 is 1.27 bits per heavy atom. The van der Waals surface area contributed by atoms with Gasteiger partial charge in [-0.1, -0.05) is 13.8 Å². The third-order valence-electron chi connectivity index (χ3n) is 4.28. The molecule has 0 saturated carbocycles. The molecule has 1 unspecified atom stereocenters. The van der Waals surface area contributed by atoms with Crippen molar-refractivity contribution in [1.82, 2.24) is 4.90 Å². The first-order valence-corrected chi connectivity index (χ1v) is 6.42. The fraction of sp³-hybridized carbons (Fsp3) is 1.00. The quantitative estimate of drug-likeness (QED) is 0.716. The first kappa shape index (κ1) is 13.3. The zero-order chi connectivity index (χ0) is 11.9. The van der Waals surface area contributed by atoms with Gasteiger partial charge in [-0.05, 0) is 27.3 Å². The highest BCUT2D eigenvalue weighted by molar-refractivity contribution is 7.39. The SMILES string of the molecule is CN1CCC(OP(O)O)C(C)(C)C1(C)C. The van der Waals surface area contributed by atoms with E-state index >= 15 is 0 Å². The summed E-state index contributed by atoms with van der Waals surface area (Å²) >= 11 is 0. The number of hydrogen-bond donors (Lipinski definition) is 2. The van der Waals surface area contributed by atoms with Crippen LogP contribution in [-0.2, 0) is 4.52 Å². The minimum Gasteiger partial charge on any atom is -0.328 e. The molecule has 0 radical (unpaired) electrons. The number of nitrogens with zero attached hydrogens (tertiary/aromatic N) is 1. The van der Waals surface area contributed by atoms with Gasteiger partial charge in [0.15, 0.2) is 0 Å². The lowest BCUT2D eigenvalue weighted by atomic mass is 9.66. The van der Waals surface area contributed by atoms with Gasteiger partial charge >= 0.3 is 8.60 Å². The largest absolute Gasteiger partial charge is 0.328 e. The van der Waals surface area contributed by atoms with Gasteiger partial charge < -0.3 is 19.2 Å². The molecular weight excluding hydrogens is 213 g/mol. The summed E-state index contributed by atoms with van der Waals surface area (Å²) in [5.74, 6) is 0. The van der Waals surface area contributed by atoms with Crippen molar-refractivity contribution in [2.24, 2.45) is 5.41 Å². The fourth-order valence-electron chi connectivity index (χ4n) is 2.14. The highest BCUT2D eigenvalue weighted by Gasteiger charge is 2.50. The lowest BCUT2D eigenvalue weighted by molar-refractivity contribution is -0.0945. The molecule has 15 heavy (non-hydrogen) atoms. The third kappa shape index (κ3) is 2.34. The van der Waals surface area contributed by atoms with Crippen LogP contribution in [0.3, 0.4) is 0 Å². The van der Waals surface area contributed by atoms with E-state index in [-0.39, 0.29) is 17.1 Å². The molecule has 0 spiro atoms. The summed E-state index contributed by atoms with van der Waals surface area (Å²) in [6, 6.07) is 0. The highest BCUT2D eigenvalue weighted by Crippen LogP contribution is 2.47. The van der Waals surface area contributed by atoms with Crippen molar-refractivity contribution >= 4 is 8.60 Å². The Morgan fingerprint density at radius 3 is 2.27 bits per heavy atom. The van der Waals surface area contributed by atoms with Gasteiger partial charge in [0, 0.05) is 17.5 Å². The van der Waals surface area contributed by atoms with Crippen LogP contribution in [0.2, 0.25) is 0 Å². The number of piperidine rings is 1. The highest BCUT2D eigenvalue weighted by atomic mass is 31.2. The molecule has 0 amide bonds. The Kier molecular flexibility index (Phi) is 3.79. The fourth-order valence-corrected chi connectivity index (χ4v) is 2.73. The Labute approximate surface area is 93.2 Å². The van der Waals surface area contributed by atoms with E-state index in [0.717, 1.165) is 13.0 Å². The molecule has 0 aromatic rings. The average molecular weight is 235 g/mol. The summed E-state index contributed by atoms with van der Waals surface area (Å²) < 4.78 is 5.24. The van der Waals surface area contributed by atoms with Gasteiger partial charge in [0.05, 0.1) is 6.10 Å². The van der Waals surface area contributed by atoms with Crippen LogP contribution in [0, 0.1) is 5.41 Å². The average Bonchev–Trinajstić information content (AvgIpc) is 2.08. The first-order valence-electron chi connectivity index (χ1n) is 5.25. The molecule has 1 rings (SSSR count). The second-order valence-electron chi connectivity index (χ2n) is 5.34. The second-order valence-corrected chi connectivity index (χ2v) is 6.05. The van der Waals surface area contributed by atoms with Crippen molar-refractivity contribution in [3.8, 4) is 0 Å². The van der Waals surface area contributed by atoms with Crippen LogP contribution in [0.4, 0.5) is 0 Å². The van der Waals surface area contributed by atoms with Crippen LogP contribution < -0.4 is 0 Å². The van der Waals surface area contributed by atoms with Gasteiger partial charge in [-0.15, -0.1) is 0 Å². The van der Waals surface area contributed by atoms with Gasteiger partial charge in [0.2, 0.25) is 0 Å². The monoisotopic (exact) mass is 235 g/mol. The maximum atomic E-state index is 8.96. The van der Waals surface area contributed by atoms with Gasteiger partial charge in [0.1, 0.15) is 0 Å². The van der Waals surface area contributed by atoms with Crippen molar-refractivity contribution in [1.29, 1.82) is 0 Å². The number of likely N-dealkylation sites (tertiary alicyclic amines) is 1. The van der Waals surface area contributed by atoms with E-state index in [4.69, 9.17) is 14.3 Å². The zero-order valence-corrected chi connectivity index (χ0v) is 11.1. The normalized spacial score (nSPS) is 30.8. The van der Waals surface area contributed by atoms with Crippen molar-refractivity contribution in [2.75, 3.05) is 13.6 Å². The summed E-state index contributed by atoms with van der Waals surface area (Å²) in [6.45, 7) is 9.49. The molecule has 1 aliphatic heterocycles. The summed E-state index contributed by atoms with van der Waals surface area (Å²) in [5, 5.41) is 0. The molecule has 2 N–H and O–H groups in total. The lowest BCUT2D eigenvalue weighted by Gasteiger charge is -2.55. The van der Waals surface area contributed by atoms with E-state index in [2.05, 4.69) is 39.6 Å². The topological polar surface area (TPSA) is 52.9 Å². The van der Waals surface area contributed by atoms with Crippen molar-refractivity contribution in [3.63, 3.8) is 0 Å². The van der Waals surface area contributed by atoms with Gasteiger partial charge in [-0.25, -0.2) is 0 Å². The molecular formula is C10H22NO3P. The molecule has 1 heterocycles. The molecule has 0 aromatic heterocycles. The van der Waals surface area contributed by atoms with Gasteiger partial charge in [-0.2, -0.15) is 0 Å². The number of hydrogen-bond acceptors (Lipinski definition) is 4. The third-order valence-corrected chi connectivity index (χ3v) is 4.73. The van der Waals surface area contributed by atoms with E-state index in [9.17, 15) is 0 Å². The van der Waals surface area contributed by atoms with Gasteiger partial charge in [-0.3, -0.25) is 0 Å². The Morgan fingerprint density at radius 2 is 1.80 bits per heavy atom. The number of rotatable bonds is 2. The minimum absolute atomic E-state index is 0.0126. The van der Waals surface area contributed by atoms with Crippen LogP contribution in [0.25, 0.3) is 0 Å². The summed E-state index contributed by atoms with van der Waals surface area (Å²) in [6.07, 6.45) is 0.747.